The summed E-state index contributed by atoms with van der Waals surface area (Å²) in [7, 11) is 0. The van der Waals surface area contributed by atoms with Crippen LogP contribution >= 0.6 is 11.8 Å². The molecular weight excluding hydrogens is 190 g/mol. The minimum atomic E-state index is 0.788. The molecule has 0 spiro atoms. The van der Waals surface area contributed by atoms with Gasteiger partial charge in [-0.25, -0.2) is 0 Å². The van der Waals surface area contributed by atoms with Crippen molar-refractivity contribution in [3.63, 3.8) is 0 Å². The molecule has 1 unspecified atom stereocenters. The van der Waals surface area contributed by atoms with Gasteiger partial charge in [0.2, 0.25) is 0 Å². The van der Waals surface area contributed by atoms with Crippen LogP contribution in [0.15, 0.2) is 29.2 Å². The van der Waals surface area contributed by atoms with Gasteiger partial charge < -0.3 is 4.90 Å². The normalized spacial score (nSPS) is 25.9. The third kappa shape index (κ3) is 1.47. The van der Waals surface area contributed by atoms with Crippen molar-refractivity contribution in [3.8, 4) is 0 Å². The molecule has 0 saturated carbocycles. The van der Waals surface area contributed by atoms with Gasteiger partial charge in [0.1, 0.15) is 0 Å². The van der Waals surface area contributed by atoms with Gasteiger partial charge in [-0.3, -0.25) is 0 Å². The van der Waals surface area contributed by atoms with Gasteiger partial charge in [0.25, 0.3) is 0 Å². The number of likely N-dealkylation sites (tertiary alicyclic amines) is 1. The Morgan fingerprint density at radius 3 is 2.93 bits per heavy atom. The molecule has 0 aliphatic carbocycles. The van der Waals surface area contributed by atoms with Gasteiger partial charge in [-0.2, -0.15) is 0 Å². The van der Waals surface area contributed by atoms with Gasteiger partial charge in [-0.15, -0.1) is 11.8 Å². The molecule has 1 saturated heterocycles. The van der Waals surface area contributed by atoms with Crippen LogP contribution in [0, 0.1) is 0 Å². The molecule has 2 aliphatic heterocycles. The lowest BCUT2D eigenvalue weighted by atomic mass is 9.99. The fraction of sp³-hybridized carbons (Fsp3) is 0.500. The maximum absolute atomic E-state index is 2.58. The summed E-state index contributed by atoms with van der Waals surface area (Å²) in [6.45, 7) is 3.93. The second-order valence-corrected chi connectivity index (χ2v) is 5.26. The van der Waals surface area contributed by atoms with E-state index in [0.29, 0.717) is 0 Å². The zero-order valence-electron chi connectivity index (χ0n) is 8.28. The van der Waals surface area contributed by atoms with Crippen LogP contribution in [0.25, 0.3) is 0 Å². The second-order valence-electron chi connectivity index (χ2n) is 4.20. The topological polar surface area (TPSA) is 3.24 Å². The highest BCUT2D eigenvalue weighted by molar-refractivity contribution is 7.99. The molecule has 1 nitrogen and oxygen atoms in total. The first-order valence-electron chi connectivity index (χ1n) is 5.37. The Balaban J connectivity index is 1.76. The number of thioether (sulfide) groups is 1. The molecule has 1 aromatic rings. The van der Waals surface area contributed by atoms with Crippen LogP contribution in [0.5, 0.6) is 0 Å². The van der Waals surface area contributed by atoms with E-state index in [1.807, 2.05) is 11.8 Å². The summed E-state index contributed by atoms with van der Waals surface area (Å²) < 4.78 is 0. The summed E-state index contributed by atoms with van der Waals surface area (Å²) in [4.78, 5) is 4.09. The van der Waals surface area contributed by atoms with Crippen LogP contribution in [0.3, 0.4) is 0 Å². The van der Waals surface area contributed by atoms with Crippen LogP contribution in [0.1, 0.15) is 17.9 Å². The molecule has 2 heteroatoms. The van der Waals surface area contributed by atoms with Crippen molar-refractivity contribution in [1.29, 1.82) is 0 Å². The van der Waals surface area contributed by atoms with Crippen molar-refractivity contribution >= 4 is 11.8 Å². The smallest absolute Gasteiger partial charge is 0.0108 e. The molecule has 0 amide bonds. The van der Waals surface area contributed by atoms with E-state index >= 15 is 0 Å². The highest BCUT2D eigenvalue weighted by Crippen LogP contribution is 2.39. The fourth-order valence-electron chi connectivity index (χ4n) is 2.26. The van der Waals surface area contributed by atoms with Crippen LogP contribution in [-0.4, -0.2) is 30.3 Å². The van der Waals surface area contributed by atoms with Crippen molar-refractivity contribution in [2.75, 3.05) is 25.4 Å². The lowest BCUT2D eigenvalue weighted by Gasteiger charge is -2.33. The highest BCUT2D eigenvalue weighted by atomic mass is 32.2. The van der Waals surface area contributed by atoms with Crippen molar-refractivity contribution < 1.29 is 0 Å². The molecule has 1 fully saturated rings. The standard InChI is InChI=1S/C12H15NS/c1-2-5-12-11(4-1)10(9-14-12)8-13-6-3-7-13/h1-2,4-5,10H,3,6-9H2. The van der Waals surface area contributed by atoms with E-state index in [0.717, 1.165) is 5.92 Å². The Bertz CT molecular complexity index is 333. The molecule has 74 valence electrons. The van der Waals surface area contributed by atoms with Gasteiger partial charge in [-0.1, -0.05) is 18.2 Å². The second kappa shape index (κ2) is 3.59. The van der Waals surface area contributed by atoms with Crippen molar-refractivity contribution in [2.24, 2.45) is 0 Å². The number of fused-ring (bicyclic) bond motifs is 1. The summed E-state index contributed by atoms with van der Waals surface area (Å²) in [6.07, 6.45) is 1.40. The monoisotopic (exact) mass is 205 g/mol. The van der Waals surface area contributed by atoms with Crippen LogP contribution in [0.2, 0.25) is 0 Å². The molecule has 0 N–H and O–H groups in total. The first kappa shape index (κ1) is 8.81. The lowest BCUT2D eigenvalue weighted by molar-refractivity contribution is 0.173. The Hall–Kier alpha value is -0.470. The Morgan fingerprint density at radius 1 is 1.29 bits per heavy atom. The third-order valence-electron chi connectivity index (χ3n) is 3.23. The van der Waals surface area contributed by atoms with E-state index in [1.54, 1.807) is 5.56 Å². The van der Waals surface area contributed by atoms with Gasteiger partial charge >= 0.3 is 0 Å². The Morgan fingerprint density at radius 2 is 2.14 bits per heavy atom. The zero-order chi connectivity index (χ0) is 9.38. The van der Waals surface area contributed by atoms with E-state index < -0.39 is 0 Å². The summed E-state index contributed by atoms with van der Waals surface area (Å²) >= 11 is 2.03. The number of benzene rings is 1. The van der Waals surface area contributed by atoms with E-state index in [-0.39, 0.29) is 0 Å². The predicted octanol–water partition coefficient (Wildman–Crippen LogP) is 2.58. The molecule has 2 heterocycles. The van der Waals surface area contributed by atoms with Gasteiger partial charge in [-0.05, 0) is 31.1 Å². The average molecular weight is 205 g/mol. The zero-order valence-corrected chi connectivity index (χ0v) is 9.09. The molecule has 1 atom stereocenters. The minimum absolute atomic E-state index is 0.788. The molecule has 2 aliphatic rings. The number of hydrogen-bond acceptors (Lipinski definition) is 2. The predicted molar refractivity (Wildman–Crippen MR) is 61.0 cm³/mol. The first-order chi connectivity index (χ1) is 6.93. The molecule has 0 radical (unpaired) electrons. The molecule has 0 aromatic heterocycles. The Labute approximate surface area is 89.5 Å². The van der Waals surface area contributed by atoms with Crippen LogP contribution in [-0.2, 0) is 0 Å². The quantitative estimate of drug-likeness (QED) is 0.730. The number of hydrogen-bond donors (Lipinski definition) is 0. The lowest BCUT2D eigenvalue weighted by Crippen LogP contribution is -2.39. The fourth-order valence-corrected chi connectivity index (χ4v) is 3.50. The van der Waals surface area contributed by atoms with E-state index in [9.17, 15) is 0 Å². The van der Waals surface area contributed by atoms with Crippen molar-refractivity contribution in [2.45, 2.75) is 17.2 Å². The van der Waals surface area contributed by atoms with E-state index in [2.05, 4.69) is 29.2 Å². The van der Waals surface area contributed by atoms with Crippen LogP contribution in [0.4, 0.5) is 0 Å². The molecule has 1 aromatic carbocycles. The summed E-state index contributed by atoms with van der Waals surface area (Å²) in [5, 5.41) is 0. The average Bonchev–Trinajstić information content (AvgIpc) is 2.55. The highest BCUT2D eigenvalue weighted by Gasteiger charge is 2.26. The van der Waals surface area contributed by atoms with Crippen molar-refractivity contribution in [1.82, 2.24) is 4.90 Å². The summed E-state index contributed by atoms with van der Waals surface area (Å²) in [5.74, 6) is 2.08. The van der Waals surface area contributed by atoms with Gasteiger partial charge in [0, 0.05) is 23.1 Å². The minimum Gasteiger partial charge on any atom is -0.303 e. The maximum atomic E-state index is 2.58. The van der Waals surface area contributed by atoms with Crippen molar-refractivity contribution in [3.05, 3.63) is 29.8 Å². The first-order valence-corrected chi connectivity index (χ1v) is 6.36. The molecular formula is C12H15NS. The third-order valence-corrected chi connectivity index (χ3v) is 4.48. The Kier molecular flexibility index (Phi) is 2.26. The van der Waals surface area contributed by atoms with Crippen LogP contribution < -0.4 is 0 Å². The number of rotatable bonds is 2. The maximum Gasteiger partial charge on any atom is 0.0108 e. The summed E-state index contributed by atoms with van der Waals surface area (Å²) in [5.41, 5.74) is 1.59. The van der Waals surface area contributed by atoms with Gasteiger partial charge in [0.05, 0.1) is 0 Å². The largest absolute Gasteiger partial charge is 0.303 e. The van der Waals surface area contributed by atoms with E-state index in [1.165, 1.54) is 36.7 Å². The van der Waals surface area contributed by atoms with Gasteiger partial charge in [0.15, 0.2) is 0 Å². The molecule has 3 rings (SSSR count). The summed E-state index contributed by atoms with van der Waals surface area (Å²) in [6, 6.07) is 8.89. The molecule has 14 heavy (non-hydrogen) atoms. The van der Waals surface area contributed by atoms with E-state index in [4.69, 9.17) is 0 Å². The molecule has 0 bridgehead atoms. The SMILES string of the molecule is c1ccc2c(c1)SCC2CN1CCC1. The number of nitrogens with zero attached hydrogens (tertiary/aromatic N) is 1.